The molecule has 0 saturated carbocycles. The topological polar surface area (TPSA) is 75.7 Å². The molecule has 2 aromatic carbocycles. The minimum Gasteiger partial charge on any atom is -0.476 e. The third kappa shape index (κ3) is 4.86. The van der Waals surface area contributed by atoms with Gasteiger partial charge in [0.1, 0.15) is 5.75 Å². The fourth-order valence-electron chi connectivity index (χ4n) is 2.77. The number of rotatable bonds is 5. The Hall–Kier alpha value is -1.96. The van der Waals surface area contributed by atoms with E-state index in [-0.39, 0.29) is 12.5 Å². The summed E-state index contributed by atoms with van der Waals surface area (Å²) in [5, 5.41) is 3.82. The van der Waals surface area contributed by atoms with E-state index in [9.17, 15) is 13.2 Å². The number of ether oxygens (including phenoxy) is 1. The minimum absolute atomic E-state index is 0.112. The molecule has 9 heteroatoms. The first kappa shape index (κ1) is 19.8. The predicted molar refractivity (Wildman–Crippen MR) is 106 cm³/mol. The van der Waals surface area contributed by atoms with Crippen LogP contribution in [0.5, 0.6) is 5.75 Å². The minimum atomic E-state index is -3.59. The van der Waals surface area contributed by atoms with Gasteiger partial charge >= 0.3 is 0 Å². The molecular weight excluding hydrogens is 411 g/mol. The standard InChI is InChI=1S/C18H18Cl2N2O4S/c1-27(24,25)22-11-17(26-16-7-6-14(20)10-15(16)22)18(23)21-9-8-12-2-4-13(19)5-3-12/h2-7,10,17H,8-9,11H2,1H3,(H,21,23). The number of carbonyl (C=O) groups excluding carboxylic acids is 1. The summed E-state index contributed by atoms with van der Waals surface area (Å²) < 4.78 is 31.1. The number of carbonyl (C=O) groups is 1. The van der Waals surface area contributed by atoms with Crippen LogP contribution in [-0.4, -0.2) is 39.8 Å². The Labute approximate surface area is 168 Å². The van der Waals surface area contributed by atoms with E-state index < -0.39 is 16.1 Å². The summed E-state index contributed by atoms with van der Waals surface area (Å²) >= 11 is 11.8. The lowest BCUT2D eigenvalue weighted by Gasteiger charge is -2.34. The summed E-state index contributed by atoms with van der Waals surface area (Å²) in [5.74, 6) is -0.0767. The number of fused-ring (bicyclic) bond motifs is 1. The largest absolute Gasteiger partial charge is 0.476 e. The molecule has 3 rings (SSSR count). The lowest BCUT2D eigenvalue weighted by atomic mass is 10.1. The van der Waals surface area contributed by atoms with Crippen molar-refractivity contribution in [1.82, 2.24) is 5.32 Å². The van der Waals surface area contributed by atoms with Crippen molar-refractivity contribution >= 4 is 44.8 Å². The van der Waals surface area contributed by atoms with Crippen molar-refractivity contribution in [3.05, 3.63) is 58.1 Å². The van der Waals surface area contributed by atoms with Crippen LogP contribution in [0, 0.1) is 0 Å². The molecule has 1 aliphatic rings. The van der Waals surface area contributed by atoms with E-state index in [1.54, 1.807) is 24.3 Å². The summed E-state index contributed by atoms with van der Waals surface area (Å²) in [4.78, 5) is 12.5. The van der Waals surface area contributed by atoms with E-state index in [4.69, 9.17) is 27.9 Å². The van der Waals surface area contributed by atoms with Gasteiger partial charge in [0.15, 0.2) is 6.10 Å². The number of nitrogens with zero attached hydrogens (tertiary/aromatic N) is 1. The Morgan fingerprint density at radius 3 is 2.52 bits per heavy atom. The molecule has 1 heterocycles. The van der Waals surface area contributed by atoms with Gasteiger partial charge in [0.25, 0.3) is 5.91 Å². The Morgan fingerprint density at radius 1 is 1.19 bits per heavy atom. The van der Waals surface area contributed by atoms with Crippen LogP contribution in [0.3, 0.4) is 0 Å². The van der Waals surface area contributed by atoms with Gasteiger partial charge in [-0.2, -0.15) is 0 Å². The molecule has 0 fully saturated rings. The number of nitrogens with one attached hydrogen (secondary N) is 1. The second-order valence-corrected chi connectivity index (χ2v) is 8.96. The third-order valence-electron chi connectivity index (χ3n) is 4.11. The first-order valence-corrected chi connectivity index (χ1v) is 10.8. The maximum absolute atomic E-state index is 12.5. The van der Waals surface area contributed by atoms with E-state index in [1.165, 1.54) is 6.07 Å². The lowest BCUT2D eigenvalue weighted by Crippen LogP contribution is -2.50. The SMILES string of the molecule is CS(=O)(=O)N1CC(C(=O)NCCc2ccc(Cl)cc2)Oc2ccc(Cl)cc21. The third-order valence-corrected chi connectivity index (χ3v) is 5.74. The molecule has 1 amide bonds. The first-order chi connectivity index (χ1) is 12.7. The highest BCUT2D eigenvalue weighted by atomic mass is 35.5. The Morgan fingerprint density at radius 2 is 1.85 bits per heavy atom. The van der Waals surface area contributed by atoms with Crippen LogP contribution in [0.4, 0.5) is 5.69 Å². The molecule has 0 radical (unpaired) electrons. The highest BCUT2D eigenvalue weighted by molar-refractivity contribution is 7.92. The monoisotopic (exact) mass is 428 g/mol. The average Bonchev–Trinajstić information content (AvgIpc) is 2.61. The Bertz CT molecular complexity index is 948. The molecule has 0 aromatic heterocycles. The number of hydrogen-bond acceptors (Lipinski definition) is 4. The van der Waals surface area contributed by atoms with Crippen molar-refractivity contribution in [3.8, 4) is 5.75 Å². The van der Waals surface area contributed by atoms with E-state index in [0.29, 0.717) is 34.4 Å². The molecule has 0 saturated heterocycles. The van der Waals surface area contributed by atoms with Crippen LogP contribution in [0.2, 0.25) is 10.0 Å². The summed E-state index contributed by atoms with van der Waals surface area (Å²) in [6.07, 6.45) is 0.759. The summed E-state index contributed by atoms with van der Waals surface area (Å²) in [5.41, 5.74) is 1.36. The smallest absolute Gasteiger partial charge is 0.263 e. The molecule has 1 unspecified atom stereocenters. The van der Waals surface area contributed by atoms with Crippen LogP contribution < -0.4 is 14.4 Å². The van der Waals surface area contributed by atoms with Crippen molar-refractivity contribution in [2.24, 2.45) is 0 Å². The van der Waals surface area contributed by atoms with Gasteiger partial charge in [-0.1, -0.05) is 35.3 Å². The molecule has 0 spiro atoms. The number of amides is 1. The molecule has 1 N–H and O–H groups in total. The molecule has 27 heavy (non-hydrogen) atoms. The molecule has 0 aliphatic carbocycles. The second-order valence-electron chi connectivity index (χ2n) is 6.18. The van der Waals surface area contributed by atoms with Gasteiger partial charge in [-0.25, -0.2) is 8.42 Å². The first-order valence-electron chi connectivity index (χ1n) is 8.20. The highest BCUT2D eigenvalue weighted by Gasteiger charge is 2.35. The van der Waals surface area contributed by atoms with Gasteiger partial charge in [0.2, 0.25) is 10.0 Å². The summed E-state index contributed by atoms with van der Waals surface area (Å²) in [7, 11) is -3.59. The van der Waals surface area contributed by atoms with Gasteiger partial charge < -0.3 is 10.1 Å². The van der Waals surface area contributed by atoms with Gasteiger partial charge in [-0.15, -0.1) is 0 Å². The molecule has 1 atom stereocenters. The summed E-state index contributed by atoms with van der Waals surface area (Å²) in [6.45, 7) is 0.283. The predicted octanol–water partition coefficient (Wildman–Crippen LogP) is 2.88. The van der Waals surface area contributed by atoms with Crippen LogP contribution in [0.15, 0.2) is 42.5 Å². The van der Waals surface area contributed by atoms with E-state index >= 15 is 0 Å². The summed E-state index contributed by atoms with van der Waals surface area (Å²) in [6, 6.07) is 12.0. The number of hydrogen-bond donors (Lipinski definition) is 1. The number of anilines is 1. The Kier molecular flexibility index (Phi) is 5.83. The number of benzene rings is 2. The fraction of sp³-hybridized carbons (Fsp3) is 0.278. The average molecular weight is 429 g/mol. The van der Waals surface area contributed by atoms with Crippen molar-refractivity contribution in [3.63, 3.8) is 0 Å². The van der Waals surface area contributed by atoms with E-state index in [1.807, 2.05) is 12.1 Å². The van der Waals surface area contributed by atoms with Crippen molar-refractivity contribution in [2.75, 3.05) is 23.7 Å². The molecule has 2 aromatic rings. The zero-order chi connectivity index (χ0) is 19.6. The van der Waals surface area contributed by atoms with Crippen molar-refractivity contribution < 1.29 is 17.9 Å². The Balaban J connectivity index is 1.68. The molecule has 6 nitrogen and oxygen atoms in total. The second kappa shape index (κ2) is 7.96. The normalized spacial score (nSPS) is 16.4. The molecule has 144 valence electrons. The van der Waals surface area contributed by atoms with Crippen LogP contribution >= 0.6 is 23.2 Å². The van der Waals surface area contributed by atoms with Crippen LogP contribution in [0.25, 0.3) is 0 Å². The maximum Gasteiger partial charge on any atom is 0.263 e. The zero-order valence-electron chi connectivity index (χ0n) is 14.5. The molecule has 0 bridgehead atoms. The van der Waals surface area contributed by atoms with Crippen LogP contribution in [-0.2, 0) is 21.2 Å². The van der Waals surface area contributed by atoms with Gasteiger partial charge in [-0.3, -0.25) is 9.10 Å². The highest BCUT2D eigenvalue weighted by Crippen LogP contribution is 2.37. The van der Waals surface area contributed by atoms with E-state index in [2.05, 4.69) is 5.32 Å². The van der Waals surface area contributed by atoms with Gasteiger partial charge in [0, 0.05) is 16.6 Å². The quantitative estimate of drug-likeness (QED) is 0.793. The van der Waals surface area contributed by atoms with Crippen molar-refractivity contribution in [2.45, 2.75) is 12.5 Å². The molecule has 1 aliphatic heterocycles. The fourth-order valence-corrected chi connectivity index (χ4v) is 3.97. The van der Waals surface area contributed by atoms with Crippen LogP contribution in [0.1, 0.15) is 5.56 Å². The number of sulfonamides is 1. The van der Waals surface area contributed by atoms with Crippen molar-refractivity contribution in [1.29, 1.82) is 0 Å². The zero-order valence-corrected chi connectivity index (χ0v) is 16.8. The molecular formula is C18H18Cl2N2O4S. The maximum atomic E-state index is 12.5. The lowest BCUT2D eigenvalue weighted by molar-refractivity contribution is -0.127. The van der Waals surface area contributed by atoms with E-state index in [0.717, 1.165) is 16.1 Å². The van der Waals surface area contributed by atoms with Gasteiger partial charge in [-0.05, 0) is 42.3 Å². The number of halogens is 2. The van der Waals surface area contributed by atoms with Gasteiger partial charge in [0.05, 0.1) is 18.5 Å².